The van der Waals surface area contributed by atoms with Crippen LogP contribution in [0.2, 0.25) is 0 Å². The first-order chi connectivity index (χ1) is 13.8. The van der Waals surface area contributed by atoms with Gasteiger partial charge >= 0.3 is 0 Å². The number of carbonyl (C=O) groups is 1. The molecular formula is C21H19N3O4. The van der Waals surface area contributed by atoms with E-state index in [4.69, 9.17) is 14.0 Å². The van der Waals surface area contributed by atoms with Crippen molar-refractivity contribution >= 4 is 5.91 Å². The van der Waals surface area contributed by atoms with Crippen LogP contribution in [0.3, 0.4) is 0 Å². The third-order valence-corrected chi connectivity index (χ3v) is 5.14. The quantitative estimate of drug-likeness (QED) is 0.690. The van der Waals surface area contributed by atoms with Crippen molar-refractivity contribution in [3.8, 4) is 22.9 Å². The monoisotopic (exact) mass is 377 g/mol. The summed E-state index contributed by atoms with van der Waals surface area (Å²) < 4.78 is 16.3. The number of nitrogens with zero attached hydrogens (tertiary/aromatic N) is 3. The molecular weight excluding hydrogens is 358 g/mol. The number of fused-ring (bicyclic) bond motifs is 1. The van der Waals surface area contributed by atoms with Gasteiger partial charge in [-0.05, 0) is 37.5 Å². The molecule has 1 atom stereocenters. The van der Waals surface area contributed by atoms with Crippen molar-refractivity contribution < 1.29 is 18.8 Å². The van der Waals surface area contributed by atoms with Crippen LogP contribution in [-0.4, -0.2) is 34.3 Å². The van der Waals surface area contributed by atoms with Crippen LogP contribution < -0.4 is 9.47 Å². The van der Waals surface area contributed by atoms with Crippen LogP contribution >= 0.6 is 0 Å². The molecule has 7 heteroatoms. The second-order valence-corrected chi connectivity index (χ2v) is 6.90. The number of likely N-dealkylation sites (tertiary alicyclic amines) is 1. The lowest BCUT2D eigenvalue weighted by atomic mass is 10.0. The van der Waals surface area contributed by atoms with Crippen LogP contribution in [0.25, 0.3) is 11.4 Å². The van der Waals surface area contributed by atoms with E-state index >= 15 is 0 Å². The maximum Gasteiger partial charge on any atom is 0.254 e. The highest BCUT2D eigenvalue weighted by Crippen LogP contribution is 2.36. The molecule has 1 aromatic heterocycles. The smallest absolute Gasteiger partial charge is 0.254 e. The van der Waals surface area contributed by atoms with Gasteiger partial charge in [-0.2, -0.15) is 4.98 Å². The molecule has 5 rings (SSSR count). The normalized spacial score (nSPS) is 18.3. The molecule has 0 N–H and O–H groups in total. The number of piperidine rings is 1. The zero-order chi connectivity index (χ0) is 18.9. The summed E-state index contributed by atoms with van der Waals surface area (Å²) in [5.41, 5.74) is 1.46. The van der Waals surface area contributed by atoms with Crippen LogP contribution in [0, 0.1) is 0 Å². The summed E-state index contributed by atoms with van der Waals surface area (Å²) >= 11 is 0. The molecule has 28 heavy (non-hydrogen) atoms. The van der Waals surface area contributed by atoms with Gasteiger partial charge in [0.15, 0.2) is 11.5 Å². The van der Waals surface area contributed by atoms with Crippen LogP contribution in [-0.2, 0) is 0 Å². The number of ether oxygens (including phenoxy) is 2. The molecule has 0 spiro atoms. The minimum absolute atomic E-state index is 0.0672. The van der Waals surface area contributed by atoms with E-state index in [1.54, 1.807) is 18.2 Å². The number of rotatable bonds is 3. The Morgan fingerprint density at radius 1 is 1.04 bits per heavy atom. The summed E-state index contributed by atoms with van der Waals surface area (Å²) in [4.78, 5) is 19.6. The fourth-order valence-electron chi connectivity index (χ4n) is 3.70. The summed E-state index contributed by atoms with van der Waals surface area (Å²) in [6.07, 6.45) is 2.76. The number of hydrogen-bond acceptors (Lipinski definition) is 6. The van der Waals surface area contributed by atoms with Gasteiger partial charge in [0.05, 0.1) is 0 Å². The van der Waals surface area contributed by atoms with E-state index in [0.717, 1.165) is 24.8 Å². The number of aromatic nitrogens is 2. The van der Waals surface area contributed by atoms with E-state index in [-0.39, 0.29) is 18.7 Å². The molecule has 1 fully saturated rings. The Morgan fingerprint density at radius 3 is 2.79 bits per heavy atom. The molecule has 2 aliphatic rings. The fraction of sp³-hybridized carbons (Fsp3) is 0.286. The van der Waals surface area contributed by atoms with Crippen LogP contribution in [0.5, 0.6) is 11.5 Å². The summed E-state index contributed by atoms with van der Waals surface area (Å²) in [5, 5.41) is 4.11. The first-order valence-electron chi connectivity index (χ1n) is 9.39. The Bertz CT molecular complexity index is 1000. The second-order valence-electron chi connectivity index (χ2n) is 6.90. The van der Waals surface area contributed by atoms with E-state index in [1.165, 1.54) is 0 Å². The molecule has 3 aromatic rings. The van der Waals surface area contributed by atoms with E-state index in [0.29, 0.717) is 35.3 Å². The van der Waals surface area contributed by atoms with Crippen molar-refractivity contribution in [2.24, 2.45) is 0 Å². The van der Waals surface area contributed by atoms with Crippen molar-refractivity contribution in [3.05, 3.63) is 60.0 Å². The number of carbonyl (C=O) groups excluding carboxylic acids is 1. The number of hydrogen-bond donors (Lipinski definition) is 0. The minimum Gasteiger partial charge on any atom is -0.454 e. The second kappa shape index (κ2) is 6.99. The summed E-state index contributed by atoms with van der Waals surface area (Å²) in [5.74, 6) is 2.21. The molecule has 2 aromatic carbocycles. The average molecular weight is 377 g/mol. The van der Waals surface area contributed by atoms with Gasteiger partial charge in [-0.3, -0.25) is 4.79 Å². The van der Waals surface area contributed by atoms with Crippen molar-refractivity contribution in [2.45, 2.75) is 25.3 Å². The standard InChI is InChI=1S/C21H19N3O4/c25-21(15-9-10-17-18(12-15)27-13-26-17)24-11-5-4-8-16(24)20-22-19(23-28-20)14-6-2-1-3-7-14/h1-3,6-7,9-10,12,16H,4-5,8,11,13H2. The maximum absolute atomic E-state index is 13.2. The average Bonchev–Trinajstić information content (AvgIpc) is 3.43. The lowest BCUT2D eigenvalue weighted by Gasteiger charge is -2.33. The van der Waals surface area contributed by atoms with Crippen molar-refractivity contribution in [1.82, 2.24) is 15.0 Å². The predicted molar refractivity (Wildman–Crippen MR) is 99.9 cm³/mol. The van der Waals surface area contributed by atoms with Gasteiger partial charge in [-0.15, -0.1) is 0 Å². The van der Waals surface area contributed by atoms with Gasteiger partial charge < -0.3 is 18.9 Å². The van der Waals surface area contributed by atoms with Gasteiger partial charge in [-0.25, -0.2) is 0 Å². The molecule has 0 bridgehead atoms. The Hall–Kier alpha value is -3.35. The highest BCUT2D eigenvalue weighted by atomic mass is 16.7. The minimum atomic E-state index is -0.225. The zero-order valence-corrected chi connectivity index (χ0v) is 15.2. The molecule has 0 saturated carbocycles. The first kappa shape index (κ1) is 16.8. The summed E-state index contributed by atoms with van der Waals surface area (Å²) in [6, 6.07) is 14.7. The first-order valence-corrected chi connectivity index (χ1v) is 9.39. The number of benzene rings is 2. The van der Waals surface area contributed by atoms with E-state index in [1.807, 2.05) is 35.2 Å². The Morgan fingerprint density at radius 2 is 1.89 bits per heavy atom. The van der Waals surface area contributed by atoms with Crippen molar-refractivity contribution in [2.75, 3.05) is 13.3 Å². The SMILES string of the molecule is O=C(c1ccc2c(c1)OCO2)N1CCCCC1c1nc(-c2ccccc2)no1. The third kappa shape index (κ3) is 2.98. The Kier molecular flexibility index (Phi) is 4.20. The van der Waals surface area contributed by atoms with Gasteiger partial charge in [0.25, 0.3) is 5.91 Å². The van der Waals surface area contributed by atoms with E-state index in [9.17, 15) is 4.79 Å². The van der Waals surface area contributed by atoms with Gasteiger partial charge in [0.1, 0.15) is 6.04 Å². The molecule has 0 aliphatic carbocycles. The largest absolute Gasteiger partial charge is 0.454 e. The van der Waals surface area contributed by atoms with Crippen molar-refractivity contribution in [1.29, 1.82) is 0 Å². The topological polar surface area (TPSA) is 77.7 Å². The predicted octanol–water partition coefficient (Wildman–Crippen LogP) is 3.83. The highest BCUT2D eigenvalue weighted by Gasteiger charge is 2.33. The third-order valence-electron chi connectivity index (χ3n) is 5.14. The lowest BCUT2D eigenvalue weighted by Crippen LogP contribution is -2.38. The molecule has 1 saturated heterocycles. The molecule has 1 unspecified atom stereocenters. The maximum atomic E-state index is 13.2. The van der Waals surface area contributed by atoms with Crippen molar-refractivity contribution in [3.63, 3.8) is 0 Å². The number of amides is 1. The summed E-state index contributed by atoms with van der Waals surface area (Å²) in [7, 11) is 0. The van der Waals surface area contributed by atoms with Crippen LogP contribution in [0.1, 0.15) is 41.6 Å². The molecule has 142 valence electrons. The van der Waals surface area contributed by atoms with Crippen LogP contribution in [0.15, 0.2) is 53.1 Å². The lowest BCUT2D eigenvalue weighted by molar-refractivity contribution is 0.0561. The van der Waals surface area contributed by atoms with E-state index in [2.05, 4.69) is 10.1 Å². The molecule has 3 heterocycles. The van der Waals surface area contributed by atoms with Gasteiger partial charge in [0, 0.05) is 17.7 Å². The Balaban J connectivity index is 1.42. The zero-order valence-electron chi connectivity index (χ0n) is 15.2. The van der Waals surface area contributed by atoms with E-state index < -0.39 is 0 Å². The molecule has 1 amide bonds. The highest BCUT2D eigenvalue weighted by molar-refractivity contribution is 5.95. The van der Waals surface area contributed by atoms with Crippen LogP contribution in [0.4, 0.5) is 0 Å². The van der Waals surface area contributed by atoms with Gasteiger partial charge in [0.2, 0.25) is 18.5 Å². The molecule has 0 radical (unpaired) electrons. The summed E-state index contributed by atoms with van der Waals surface area (Å²) in [6.45, 7) is 0.838. The Labute approximate surface area is 161 Å². The fourth-order valence-corrected chi connectivity index (χ4v) is 3.70. The van der Waals surface area contributed by atoms with Gasteiger partial charge in [-0.1, -0.05) is 35.5 Å². The molecule has 7 nitrogen and oxygen atoms in total. The molecule has 2 aliphatic heterocycles.